The van der Waals surface area contributed by atoms with Crippen molar-refractivity contribution in [1.29, 1.82) is 0 Å². The summed E-state index contributed by atoms with van der Waals surface area (Å²) in [5.41, 5.74) is 2.64. The lowest BCUT2D eigenvalue weighted by Crippen LogP contribution is -2.43. The number of halogens is 2. The van der Waals surface area contributed by atoms with Crippen molar-refractivity contribution in [3.8, 4) is 0 Å². The molecule has 0 spiro atoms. The Morgan fingerprint density at radius 1 is 0.839 bits per heavy atom. The largest absolute Gasteiger partial charge is 0.459 e. The topological polar surface area (TPSA) is 64.6 Å². The number of carbonyl (C=O) groups excluding carboxylic acids is 2. The summed E-state index contributed by atoms with van der Waals surface area (Å²) < 4.78 is 12.6. The van der Waals surface area contributed by atoms with E-state index >= 15 is 0 Å². The number of hydrogen-bond acceptors (Lipinski definition) is 4. The molecule has 31 heavy (non-hydrogen) atoms. The molecule has 1 unspecified atom stereocenters. The molecule has 0 aromatic heterocycles. The number of rotatable bonds is 8. The Kier molecular flexibility index (Phi) is 8.90. The van der Waals surface area contributed by atoms with Crippen LogP contribution >= 0.6 is 38.5 Å². The molecule has 160 valence electrons. The van der Waals surface area contributed by atoms with Crippen LogP contribution in [0.1, 0.15) is 16.7 Å². The van der Waals surface area contributed by atoms with Crippen LogP contribution in [0.3, 0.4) is 0 Å². The molecule has 0 aliphatic rings. The monoisotopic (exact) mass is 593 g/mol. The number of carbonyl (C=O) groups is 2. The van der Waals surface area contributed by atoms with E-state index in [1.807, 2.05) is 78.9 Å². The van der Waals surface area contributed by atoms with Crippen molar-refractivity contribution in [3.05, 3.63) is 104 Å². The van der Waals surface area contributed by atoms with Gasteiger partial charge in [-0.25, -0.2) is 9.59 Å². The number of hydrogen-bond donors (Lipinski definition) is 1. The Morgan fingerprint density at radius 3 is 2.00 bits per heavy atom. The van der Waals surface area contributed by atoms with Gasteiger partial charge in [0.1, 0.15) is 19.3 Å². The van der Waals surface area contributed by atoms with E-state index in [1.165, 1.54) is 0 Å². The van der Waals surface area contributed by atoms with Crippen LogP contribution in [0.4, 0.5) is 4.79 Å². The highest BCUT2D eigenvalue weighted by Crippen LogP contribution is 2.24. The molecule has 0 saturated heterocycles. The van der Waals surface area contributed by atoms with E-state index < -0.39 is 18.1 Å². The van der Waals surface area contributed by atoms with Crippen molar-refractivity contribution >= 4 is 50.6 Å². The van der Waals surface area contributed by atoms with Gasteiger partial charge in [-0.3, -0.25) is 0 Å². The fraction of sp³-hybridized carbons (Fsp3) is 0.167. The minimum atomic E-state index is -0.890. The van der Waals surface area contributed by atoms with Crippen LogP contribution in [0.25, 0.3) is 0 Å². The van der Waals surface area contributed by atoms with E-state index in [-0.39, 0.29) is 19.6 Å². The molecule has 5 nitrogen and oxygen atoms in total. The summed E-state index contributed by atoms with van der Waals surface area (Å²) in [5.74, 6) is -0.521. The Labute approximate surface area is 203 Å². The van der Waals surface area contributed by atoms with Gasteiger partial charge in [-0.1, -0.05) is 82.7 Å². The van der Waals surface area contributed by atoms with Crippen LogP contribution in [-0.2, 0) is 33.9 Å². The third-order valence-corrected chi connectivity index (χ3v) is 6.24. The highest BCUT2D eigenvalue weighted by molar-refractivity contribution is 14.1. The lowest BCUT2D eigenvalue weighted by atomic mass is 10.1. The lowest BCUT2D eigenvalue weighted by Gasteiger charge is -2.19. The number of amides is 1. The number of alkyl carbamates (subject to hydrolysis) is 1. The summed E-state index contributed by atoms with van der Waals surface area (Å²) in [7, 11) is 0. The quantitative estimate of drug-likeness (QED) is 0.271. The predicted molar refractivity (Wildman–Crippen MR) is 130 cm³/mol. The SMILES string of the molecule is O=C(NC(Cc1c(Br)cccc1I)C(=O)OCc1ccccc1)OCc1ccccc1. The minimum absolute atomic E-state index is 0.116. The molecule has 3 aromatic carbocycles. The van der Waals surface area contributed by atoms with Crippen LogP contribution in [0, 0.1) is 3.57 Å². The molecule has 1 atom stereocenters. The molecule has 1 amide bonds. The number of nitrogens with one attached hydrogen (secondary N) is 1. The predicted octanol–water partition coefficient (Wildman–Crippen LogP) is 5.63. The molecule has 0 fully saturated rings. The zero-order chi connectivity index (χ0) is 22.1. The first-order chi connectivity index (χ1) is 15.0. The van der Waals surface area contributed by atoms with E-state index in [9.17, 15) is 9.59 Å². The van der Waals surface area contributed by atoms with Crippen LogP contribution in [0.2, 0.25) is 0 Å². The van der Waals surface area contributed by atoms with Gasteiger partial charge >= 0.3 is 12.1 Å². The Bertz CT molecular complexity index is 994. The van der Waals surface area contributed by atoms with Gasteiger partial charge in [-0.2, -0.15) is 0 Å². The standard InChI is InChI=1S/C24H21BrINO4/c25-20-12-7-13-21(26)19(20)14-22(23(28)30-15-17-8-3-1-4-9-17)27-24(29)31-16-18-10-5-2-6-11-18/h1-13,22H,14-16H2,(H,27,29). The van der Waals surface area contributed by atoms with E-state index in [0.29, 0.717) is 0 Å². The van der Waals surface area contributed by atoms with Gasteiger partial charge in [0, 0.05) is 14.5 Å². The minimum Gasteiger partial charge on any atom is -0.459 e. The van der Waals surface area contributed by atoms with Crippen molar-refractivity contribution in [3.63, 3.8) is 0 Å². The molecular formula is C24H21BrINO4. The molecular weight excluding hydrogens is 573 g/mol. The summed E-state index contributed by atoms with van der Waals surface area (Å²) >= 11 is 5.73. The summed E-state index contributed by atoms with van der Waals surface area (Å²) in [6.45, 7) is 0.245. The molecule has 7 heteroatoms. The molecule has 3 aromatic rings. The maximum Gasteiger partial charge on any atom is 0.408 e. The molecule has 1 N–H and O–H groups in total. The Balaban J connectivity index is 1.68. The maximum absolute atomic E-state index is 12.8. The average Bonchev–Trinajstić information content (AvgIpc) is 2.79. The van der Waals surface area contributed by atoms with Crippen LogP contribution < -0.4 is 5.32 Å². The van der Waals surface area contributed by atoms with Gasteiger partial charge in [0.2, 0.25) is 0 Å². The Morgan fingerprint density at radius 2 is 1.42 bits per heavy atom. The van der Waals surface area contributed by atoms with Gasteiger partial charge in [0.15, 0.2) is 0 Å². The average molecular weight is 594 g/mol. The zero-order valence-electron chi connectivity index (χ0n) is 16.6. The van der Waals surface area contributed by atoms with Gasteiger partial charge in [0.05, 0.1) is 0 Å². The van der Waals surface area contributed by atoms with E-state index in [2.05, 4.69) is 43.8 Å². The fourth-order valence-electron chi connectivity index (χ4n) is 2.86. The second kappa shape index (κ2) is 11.9. The fourth-order valence-corrected chi connectivity index (χ4v) is 4.48. The Hall–Kier alpha value is -2.39. The van der Waals surface area contributed by atoms with Gasteiger partial charge in [-0.05, 0) is 51.4 Å². The van der Waals surface area contributed by atoms with Crippen LogP contribution in [0.5, 0.6) is 0 Å². The lowest BCUT2D eigenvalue weighted by molar-refractivity contribution is -0.147. The number of esters is 1. The molecule has 0 aliphatic heterocycles. The highest BCUT2D eigenvalue weighted by atomic mass is 127. The summed E-state index contributed by atoms with van der Waals surface area (Å²) in [6, 6.07) is 23.6. The van der Waals surface area contributed by atoms with Gasteiger partial charge in [0.25, 0.3) is 0 Å². The van der Waals surface area contributed by atoms with E-state index in [0.717, 1.165) is 24.7 Å². The molecule has 0 saturated carbocycles. The van der Waals surface area contributed by atoms with E-state index in [4.69, 9.17) is 9.47 Å². The van der Waals surface area contributed by atoms with Crippen molar-refractivity contribution in [2.24, 2.45) is 0 Å². The maximum atomic E-state index is 12.8. The van der Waals surface area contributed by atoms with Crippen molar-refractivity contribution in [2.75, 3.05) is 0 Å². The summed E-state index contributed by atoms with van der Waals surface area (Å²) in [6.07, 6.45) is -0.402. The number of ether oxygens (including phenoxy) is 2. The molecule has 0 radical (unpaired) electrons. The summed E-state index contributed by atoms with van der Waals surface area (Å²) in [5, 5.41) is 2.67. The normalized spacial score (nSPS) is 11.4. The third-order valence-electron chi connectivity index (χ3n) is 4.48. The van der Waals surface area contributed by atoms with Gasteiger partial charge < -0.3 is 14.8 Å². The zero-order valence-corrected chi connectivity index (χ0v) is 20.3. The van der Waals surface area contributed by atoms with Crippen LogP contribution in [0.15, 0.2) is 83.3 Å². The van der Waals surface area contributed by atoms with E-state index in [1.54, 1.807) is 0 Å². The third kappa shape index (κ3) is 7.36. The molecule has 3 rings (SSSR count). The second-order valence-corrected chi connectivity index (χ2v) is 8.77. The molecule has 0 heterocycles. The summed E-state index contributed by atoms with van der Waals surface area (Å²) in [4.78, 5) is 25.3. The van der Waals surface area contributed by atoms with Crippen molar-refractivity contribution in [2.45, 2.75) is 25.7 Å². The van der Waals surface area contributed by atoms with Gasteiger partial charge in [-0.15, -0.1) is 0 Å². The smallest absolute Gasteiger partial charge is 0.408 e. The van der Waals surface area contributed by atoms with Crippen molar-refractivity contribution in [1.82, 2.24) is 5.32 Å². The first kappa shape index (κ1) is 23.3. The van der Waals surface area contributed by atoms with Crippen molar-refractivity contribution < 1.29 is 19.1 Å². The second-order valence-electron chi connectivity index (χ2n) is 6.76. The first-order valence-electron chi connectivity index (χ1n) is 9.63. The molecule has 0 aliphatic carbocycles. The number of benzene rings is 3. The van der Waals surface area contributed by atoms with Crippen LogP contribution in [-0.4, -0.2) is 18.1 Å². The first-order valence-corrected chi connectivity index (χ1v) is 11.5. The molecule has 0 bridgehead atoms. The highest BCUT2D eigenvalue weighted by Gasteiger charge is 2.25.